The number of carboxylic acid groups (broad SMARTS) is 1. The summed E-state index contributed by atoms with van der Waals surface area (Å²) in [7, 11) is 0. The van der Waals surface area contributed by atoms with Crippen molar-refractivity contribution in [2.45, 2.75) is 25.3 Å². The molecule has 10 heteroatoms. The van der Waals surface area contributed by atoms with Crippen molar-refractivity contribution in [3.05, 3.63) is 70.2 Å². The number of pyridine rings is 2. The van der Waals surface area contributed by atoms with Gasteiger partial charge in [0.15, 0.2) is 5.82 Å². The Kier molecular flexibility index (Phi) is 5.20. The molecule has 1 saturated carbocycles. The van der Waals surface area contributed by atoms with Crippen LogP contribution in [0.25, 0.3) is 15.9 Å². The van der Waals surface area contributed by atoms with Crippen molar-refractivity contribution < 1.29 is 9.90 Å². The molecular formula is C22H18N6O3S. The standard InChI is InChI=1S/C22H18N6O3S/c29-20-6-1-13(21(30)31)12-28(20)16-4-5-19(23-10-16)25-14-2-3-15(9-14)26-22-24-11-18-17(27-22)7-8-32-18/h1,4-8,10-12,15H,2-3,9H2,(H,30,31)(H,24,26,27)/t15-/m0/s1. The highest BCUT2D eigenvalue weighted by Crippen LogP contribution is 2.24. The average Bonchev–Trinajstić information content (AvgIpc) is 3.43. The van der Waals surface area contributed by atoms with E-state index in [-0.39, 0.29) is 17.2 Å². The summed E-state index contributed by atoms with van der Waals surface area (Å²) in [5.74, 6) is 0.0706. The van der Waals surface area contributed by atoms with Crippen LogP contribution >= 0.6 is 11.3 Å². The van der Waals surface area contributed by atoms with Crippen molar-refractivity contribution in [3.8, 4) is 5.69 Å². The van der Waals surface area contributed by atoms with Gasteiger partial charge in [0.1, 0.15) is 0 Å². The highest BCUT2D eigenvalue weighted by molar-refractivity contribution is 7.17. The molecule has 0 bridgehead atoms. The number of fused-ring (bicyclic) bond motifs is 1. The van der Waals surface area contributed by atoms with Crippen LogP contribution in [0.15, 0.2) is 64.1 Å². The molecule has 1 aliphatic carbocycles. The van der Waals surface area contributed by atoms with Crippen LogP contribution in [0.5, 0.6) is 0 Å². The van der Waals surface area contributed by atoms with Crippen LogP contribution in [0.1, 0.15) is 29.6 Å². The fourth-order valence-electron chi connectivity index (χ4n) is 3.64. The second-order valence-corrected chi connectivity index (χ2v) is 8.38. The van der Waals surface area contributed by atoms with Gasteiger partial charge in [-0.3, -0.25) is 9.36 Å². The maximum absolute atomic E-state index is 12.1. The number of rotatable bonds is 5. The number of carboxylic acids is 1. The van der Waals surface area contributed by atoms with Gasteiger partial charge < -0.3 is 10.4 Å². The van der Waals surface area contributed by atoms with Crippen molar-refractivity contribution in [2.75, 3.05) is 5.32 Å². The largest absolute Gasteiger partial charge is 0.478 e. The topological polar surface area (TPSA) is 122 Å². The van der Waals surface area contributed by atoms with Gasteiger partial charge in [0, 0.05) is 30.4 Å². The van der Waals surface area contributed by atoms with Crippen LogP contribution in [0.3, 0.4) is 0 Å². The molecule has 4 aromatic rings. The fourth-order valence-corrected chi connectivity index (χ4v) is 4.33. The van der Waals surface area contributed by atoms with Crippen LogP contribution < -0.4 is 10.9 Å². The van der Waals surface area contributed by atoms with Crippen molar-refractivity contribution in [1.29, 1.82) is 0 Å². The Morgan fingerprint density at radius 1 is 1.19 bits per heavy atom. The summed E-state index contributed by atoms with van der Waals surface area (Å²) in [5.41, 5.74) is 2.15. The quantitative estimate of drug-likeness (QED) is 0.479. The predicted molar refractivity (Wildman–Crippen MR) is 123 cm³/mol. The number of nitrogens with one attached hydrogen (secondary N) is 1. The molecule has 1 atom stereocenters. The number of aromatic nitrogens is 4. The van der Waals surface area contributed by atoms with Crippen LogP contribution in [-0.2, 0) is 0 Å². The molecule has 2 N–H and O–H groups in total. The van der Waals surface area contributed by atoms with Gasteiger partial charge in [-0.25, -0.2) is 24.7 Å². The molecule has 1 aliphatic rings. The van der Waals surface area contributed by atoms with Gasteiger partial charge >= 0.3 is 5.97 Å². The van der Waals surface area contributed by atoms with Crippen LogP contribution in [0.2, 0.25) is 0 Å². The second kappa shape index (κ2) is 8.31. The van der Waals surface area contributed by atoms with E-state index in [9.17, 15) is 9.59 Å². The summed E-state index contributed by atoms with van der Waals surface area (Å²) in [6.07, 6.45) is 7.19. The third-order valence-corrected chi connectivity index (χ3v) is 6.08. The van der Waals surface area contributed by atoms with E-state index in [0.717, 1.165) is 35.2 Å². The van der Waals surface area contributed by atoms with Gasteiger partial charge in [0.05, 0.1) is 33.9 Å². The zero-order chi connectivity index (χ0) is 22.1. The summed E-state index contributed by atoms with van der Waals surface area (Å²) in [6, 6.07) is 8.12. The van der Waals surface area contributed by atoms with Gasteiger partial charge in [-0.2, -0.15) is 0 Å². The molecule has 0 aromatic carbocycles. The van der Waals surface area contributed by atoms with E-state index in [1.54, 1.807) is 23.5 Å². The number of nitrogens with zero attached hydrogens (tertiary/aromatic N) is 5. The lowest BCUT2D eigenvalue weighted by Gasteiger charge is -2.10. The first kappa shape index (κ1) is 20.0. The molecule has 160 valence electrons. The molecule has 9 nitrogen and oxygen atoms in total. The van der Waals surface area contributed by atoms with E-state index < -0.39 is 5.97 Å². The summed E-state index contributed by atoms with van der Waals surface area (Å²) < 4.78 is 2.32. The molecule has 0 radical (unpaired) electrons. The minimum Gasteiger partial charge on any atom is -0.478 e. The van der Waals surface area contributed by atoms with Gasteiger partial charge in [-0.15, -0.1) is 11.3 Å². The minimum absolute atomic E-state index is 0.0283. The molecular weight excluding hydrogens is 428 g/mol. The average molecular weight is 446 g/mol. The van der Waals surface area contributed by atoms with Crippen molar-refractivity contribution in [3.63, 3.8) is 0 Å². The van der Waals surface area contributed by atoms with Crippen LogP contribution in [0.4, 0.5) is 11.8 Å². The van der Waals surface area contributed by atoms with Crippen LogP contribution in [-0.4, -0.2) is 42.3 Å². The van der Waals surface area contributed by atoms with Gasteiger partial charge in [0.2, 0.25) is 5.95 Å². The van der Waals surface area contributed by atoms with Gasteiger partial charge in [-0.05, 0) is 42.5 Å². The molecule has 4 aromatic heterocycles. The molecule has 0 amide bonds. The summed E-state index contributed by atoms with van der Waals surface area (Å²) in [4.78, 5) is 41.2. The molecule has 0 aliphatic heterocycles. The maximum Gasteiger partial charge on any atom is 0.337 e. The lowest BCUT2D eigenvalue weighted by molar-refractivity contribution is 0.0696. The highest BCUT2D eigenvalue weighted by Gasteiger charge is 2.21. The third-order valence-electron chi connectivity index (χ3n) is 5.24. The predicted octanol–water partition coefficient (Wildman–Crippen LogP) is 3.67. The fraction of sp³-hybridized carbons (Fsp3) is 0.182. The van der Waals surface area contributed by atoms with Gasteiger partial charge in [0.25, 0.3) is 5.56 Å². The number of carbonyl (C=O) groups is 1. The smallest absolute Gasteiger partial charge is 0.337 e. The highest BCUT2D eigenvalue weighted by atomic mass is 32.1. The Morgan fingerprint density at radius 2 is 2.09 bits per heavy atom. The summed E-state index contributed by atoms with van der Waals surface area (Å²) in [6.45, 7) is 0. The number of aliphatic imine (C=N–C) groups is 1. The third kappa shape index (κ3) is 4.12. The van der Waals surface area contributed by atoms with E-state index in [1.807, 2.05) is 17.6 Å². The first-order valence-corrected chi connectivity index (χ1v) is 10.9. The summed E-state index contributed by atoms with van der Waals surface area (Å²) in [5, 5.41) is 14.5. The monoisotopic (exact) mass is 446 g/mol. The van der Waals surface area contributed by atoms with Crippen LogP contribution in [0, 0.1) is 0 Å². The Morgan fingerprint density at radius 3 is 2.91 bits per heavy atom. The van der Waals surface area contributed by atoms with E-state index in [0.29, 0.717) is 17.5 Å². The molecule has 1 fully saturated rings. The SMILES string of the molecule is O=C(O)c1ccc(=O)n(-c2ccc(N=C3CC[C@H](Nc4ncc5sccc5n4)C3)nc2)c1. The molecule has 0 unspecified atom stereocenters. The molecule has 4 heterocycles. The van der Waals surface area contributed by atoms with E-state index in [1.165, 1.54) is 29.1 Å². The maximum atomic E-state index is 12.1. The molecule has 5 rings (SSSR count). The number of hydrogen-bond acceptors (Lipinski definition) is 8. The Balaban J connectivity index is 1.28. The first-order chi connectivity index (χ1) is 15.5. The van der Waals surface area contributed by atoms with Crippen molar-refractivity contribution >= 4 is 45.0 Å². The zero-order valence-corrected chi connectivity index (χ0v) is 17.6. The lowest BCUT2D eigenvalue weighted by Crippen LogP contribution is -2.18. The molecule has 0 saturated heterocycles. The van der Waals surface area contributed by atoms with Crippen molar-refractivity contribution in [1.82, 2.24) is 19.5 Å². The lowest BCUT2D eigenvalue weighted by atomic mass is 10.2. The summed E-state index contributed by atoms with van der Waals surface area (Å²) >= 11 is 1.62. The van der Waals surface area contributed by atoms with E-state index in [2.05, 4.69) is 25.3 Å². The van der Waals surface area contributed by atoms with E-state index in [4.69, 9.17) is 5.11 Å². The molecule has 0 spiro atoms. The Labute approximate surface area is 186 Å². The van der Waals surface area contributed by atoms with Crippen molar-refractivity contribution in [2.24, 2.45) is 4.99 Å². The minimum atomic E-state index is -1.10. The van der Waals surface area contributed by atoms with E-state index >= 15 is 0 Å². The number of hydrogen-bond donors (Lipinski definition) is 2. The number of thiophene rings is 1. The Hall–Kier alpha value is -3.92. The second-order valence-electron chi connectivity index (χ2n) is 7.43. The molecule has 32 heavy (non-hydrogen) atoms. The normalized spacial score (nSPS) is 17.1. The zero-order valence-electron chi connectivity index (χ0n) is 16.8. The number of aromatic carboxylic acids is 1. The first-order valence-electron chi connectivity index (χ1n) is 10.0. The Bertz CT molecular complexity index is 1390. The number of anilines is 1. The van der Waals surface area contributed by atoms with Gasteiger partial charge in [-0.1, -0.05) is 0 Å².